The van der Waals surface area contributed by atoms with Crippen LogP contribution in [0.15, 0.2) is 36.4 Å². The minimum absolute atomic E-state index is 0.152. The minimum atomic E-state index is -0.857. The number of benzene rings is 2. The Kier molecular flexibility index (Phi) is 4.28. The van der Waals surface area contributed by atoms with Crippen molar-refractivity contribution in [3.63, 3.8) is 0 Å². The molecule has 0 spiro atoms. The summed E-state index contributed by atoms with van der Waals surface area (Å²) in [5, 5.41) is 2.74. The zero-order valence-corrected chi connectivity index (χ0v) is 12.7. The Bertz CT molecular complexity index is 746. The molecule has 1 N–H and O–H groups in total. The second-order valence-electron chi connectivity index (χ2n) is 5.74. The topological polar surface area (TPSA) is 38.3 Å². The predicted octanol–water partition coefficient (Wildman–Crippen LogP) is 3.26. The zero-order valence-electron chi connectivity index (χ0n) is 12.7. The zero-order chi connectivity index (χ0) is 16.4. The normalized spacial score (nSPS) is 14.0. The lowest BCUT2D eigenvalue weighted by Crippen LogP contribution is -2.34. The Morgan fingerprint density at radius 2 is 2.09 bits per heavy atom. The molecular formula is C18H17F2NO2. The maximum absolute atomic E-state index is 13.6. The highest BCUT2D eigenvalue weighted by Crippen LogP contribution is 2.26. The Morgan fingerprint density at radius 3 is 2.87 bits per heavy atom. The summed E-state index contributed by atoms with van der Waals surface area (Å²) in [7, 11) is 0. The van der Waals surface area contributed by atoms with Gasteiger partial charge in [0.15, 0.2) is 0 Å². The van der Waals surface area contributed by atoms with Gasteiger partial charge in [0.2, 0.25) is 0 Å². The number of hydrogen-bond donors (Lipinski definition) is 1. The number of nitrogens with one attached hydrogen (secondary N) is 1. The first-order valence-electron chi connectivity index (χ1n) is 7.53. The molecule has 0 saturated carbocycles. The quantitative estimate of drug-likeness (QED) is 0.940. The summed E-state index contributed by atoms with van der Waals surface area (Å²) in [6.45, 7) is 2.55. The lowest BCUT2D eigenvalue weighted by atomic mass is 10.0. The van der Waals surface area contributed by atoms with Crippen molar-refractivity contribution in [1.82, 2.24) is 5.32 Å². The van der Waals surface area contributed by atoms with Crippen LogP contribution in [0.2, 0.25) is 0 Å². The fourth-order valence-electron chi connectivity index (χ4n) is 2.75. The fraction of sp³-hybridized carbons (Fsp3) is 0.278. The second-order valence-corrected chi connectivity index (χ2v) is 5.74. The van der Waals surface area contributed by atoms with Crippen molar-refractivity contribution in [2.24, 2.45) is 0 Å². The van der Waals surface area contributed by atoms with Gasteiger partial charge in [-0.05, 0) is 42.7 Å². The molecule has 1 amide bonds. The van der Waals surface area contributed by atoms with E-state index in [9.17, 15) is 13.6 Å². The molecule has 5 heteroatoms. The average Bonchev–Trinajstić information content (AvgIpc) is 2.94. The van der Waals surface area contributed by atoms with Crippen LogP contribution in [0.4, 0.5) is 8.78 Å². The molecule has 23 heavy (non-hydrogen) atoms. The van der Waals surface area contributed by atoms with E-state index in [1.807, 2.05) is 19.1 Å². The highest BCUT2D eigenvalue weighted by Gasteiger charge is 2.16. The minimum Gasteiger partial charge on any atom is -0.493 e. The number of ether oxygens (including phenoxy) is 1. The number of rotatable bonds is 4. The highest BCUT2D eigenvalue weighted by atomic mass is 19.1. The van der Waals surface area contributed by atoms with Gasteiger partial charge in [0.25, 0.3) is 5.91 Å². The van der Waals surface area contributed by atoms with Crippen LogP contribution in [0.1, 0.15) is 28.4 Å². The molecule has 1 atom stereocenters. The second kappa shape index (κ2) is 6.36. The number of carbonyl (C=O) groups is 1. The number of amides is 1. The van der Waals surface area contributed by atoms with Gasteiger partial charge in [-0.2, -0.15) is 0 Å². The Morgan fingerprint density at radius 1 is 1.26 bits per heavy atom. The van der Waals surface area contributed by atoms with E-state index in [2.05, 4.69) is 11.4 Å². The summed E-state index contributed by atoms with van der Waals surface area (Å²) in [4.78, 5) is 12.1. The van der Waals surface area contributed by atoms with Crippen LogP contribution in [-0.4, -0.2) is 18.6 Å². The van der Waals surface area contributed by atoms with Crippen molar-refractivity contribution in [1.29, 1.82) is 0 Å². The first kappa shape index (κ1) is 15.5. The number of hydrogen-bond acceptors (Lipinski definition) is 2. The van der Waals surface area contributed by atoms with E-state index in [4.69, 9.17) is 4.74 Å². The lowest BCUT2D eigenvalue weighted by Gasteiger charge is -2.15. The molecule has 2 aromatic carbocycles. The maximum atomic E-state index is 13.6. The summed E-state index contributed by atoms with van der Waals surface area (Å²) < 4.78 is 32.0. The first-order chi connectivity index (χ1) is 11.0. The molecular weight excluding hydrogens is 300 g/mol. The van der Waals surface area contributed by atoms with Gasteiger partial charge in [-0.1, -0.05) is 12.1 Å². The molecule has 1 aliphatic heterocycles. The lowest BCUT2D eigenvalue weighted by molar-refractivity contribution is 0.0936. The summed E-state index contributed by atoms with van der Waals surface area (Å²) in [6, 6.07) is 8.73. The van der Waals surface area contributed by atoms with E-state index in [-0.39, 0.29) is 11.6 Å². The van der Waals surface area contributed by atoms with E-state index in [1.54, 1.807) is 0 Å². The fourth-order valence-corrected chi connectivity index (χ4v) is 2.75. The van der Waals surface area contributed by atoms with Crippen molar-refractivity contribution in [3.8, 4) is 5.75 Å². The molecule has 2 aromatic rings. The monoisotopic (exact) mass is 317 g/mol. The van der Waals surface area contributed by atoms with Gasteiger partial charge in [-0.3, -0.25) is 4.79 Å². The highest BCUT2D eigenvalue weighted by molar-refractivity contribution is 5.94. The van der Waals surface area contributed by atoms with Crippen LogP contribution < -0.4 is 10.1 Å². The SMILES string of the molecule is C[C@@H](Cc1ccc2c(c1)CCO2)NC(=O)c1ccc(F)cc1F. The van der Waals surface area contributed by atoms with Crippen LogP contribution in [0.25, 0.3) is 0 Å². The molecule has 1 heterocycles. The van der Waals surface area contributed by atoms with Gasteiger partial charge in [0.05, 0.1) is 12.2 Å². The van der Waals surface area contributed by atoms with E-state index in [0.717, 1.165) is 29.9 Å². The number of fused-ring (bicyclic) bond motifs is 1. The van der Waals surface area contributed by atoms with Crippen LogP contribution in [0.5, 0.6) is 5.75 Å². The van der Waals surface area contributed by atoms with Crippen LogP contribution in [0, 0.1) is 11.6 Å². The van der Waals surface area contributed by atoms with Crippen molar-refractivity contribution in [2.75, 3.05) is 6.61 Å². The summed E-state index contributed by atoms with van der Waals surface area (Å²) in [6.07, 6.45) is 1.52. The van der Waals surface area contributed by atoms with E-state index >= 15 is 0 Å². The maximum Gasteiger partial charge on any atom is 0.254 e. The molecule has 0 fully saturated rings. The van der Waals surface area contributed by atoms with Crippen molar-refractivity contribution < 1.29 is 18.3 Å². The van der Waals surface area contributed by atoms with Crippen LogP contribution in [0.3, 0.4) is 0 Å². The summed E-state index contributed by atoms with van der Waals surface area (Å²) in [5.74, 6) is -1.19. The Balaban J connectivity index is 1.64. The van der Waals surface area contributed by atoms with Crippen molar-refractivity contribution in [3.05, 3.63) is 64.7 Å². The van der Waals surface area contributed by atoms with Gasteiger partial charge in [-0.25, -0.2) is 8.78 Å². The smallest absolute Gasteiger partial charge is 0.254 e. The number of carbonyl (C=O) groups excluding carboxylic acids is 1. The molecule has 0 unspecified atom stereocenters. The molecule has 0 bridgehead atoms. The third-order valence-corrected chi connectivity index (χ3v) is 3.85. The van der Waals surface area contributed by atoms with Gasteiger partial charge in [0, 0.05) is 18.5 Å². The Labute approximate surface area is 133 Å². The summed E-state index contributed by atoms with van der Waals surface area (Å²) >= 11 is 0. The third-order valence-electron chi connectivity index (χ3n) is 3.85. The molecule has 1 aliphatic rings. The van der Waals surface area contributed by atoms with Crippen molar-refractivity contribution >= 4 is 5.91 Å². The first-order valence-corrected chi connectivity index (χ1v) is 7.53. The van der Waals surface area contributed by atoms with Gasteiger partial charge in [-0.15, -0.1) is 0 Å². The molecule has 3 rings (SSSR count). The molecule has 0 aliphatic carbocycles. The molecule has 0 aromatic heterocycles. The van der Waals surface area contributed by atoms with Gasteiger partial charge >= 0.3 is 0 Å². The van der Waals surface area contributed by atoms with E-state index < -0.39 is 17.5 Å². The molecule has 0 saturated heterocycles. The molecule has 0 radical (unpaired) electrons. The largest absolute Gasteiger partial charge is 0.493 e. The van der Waals surface area contributed by atoms with Gasteiger partial charge in [0.1, 0.15) is 17.4 Å². The predicted molar refractivity (Wildman–Crippen MR) is 82.6 cm³/mol. The van der Waals surface area contributed by atoms with E-state index in [0.29, 0.717) is 19.1 Å². The van der Waals surface area contributed by atoms with E-state index in [1.165, 1.54) is 5.56 Å². The van der Waals surface area contributed by atoms with Crippen LogP contribution in [-0.2, 0) is 12.8 Å². The average molecular weight is 317 g/mol. The standard InChI is InChI=1S/C18H17F2NO2/c1-11(8-12-2-5-17-13(9-12)6-7-23-17)21-18(22)15-4-3-14(19)10-16(15)20/h2-5,9-11H,6-8H2,1H3,(H,21,22)/t11-/m0/s1. The summed E-state index contributed by atoms with van der Waals surface area (Å²) in [5.41, 5.74) is 2.10. The number of halogens is 2. The van der Waals surface area contributed by atoms with Crippen LogP contribution >= 0.6 is 0 Å². The Hall–Kier alpha value is -2.43. The molecule has 3 nitrogen and oxygen atoms in total. The third kappa shape index (κ3) is 3.50. The van der Waals surface area contributed by atoms with Crippen molar-refractivity contribution in [2.45, 2.75) is 25.8 Å². The van der Waals surface area contributed by atoms with Gasteiger partial charge < -0.3 is 10.1 Å². The molecule has 120 valence electrons.